The van der Waals surface area contributed by atoms with E-state index in [1.54, 1.807) is 0 Å². The molecule has 0 aromatic rings. The van der Waals surface area contributed by atoms with Gasteiger partial charge in [-0.1, -0.05) is 31.2 Å². The van der Waals surface area contributed by atoms with Gasteiger partial charge in [0.05, 0.1) is 17.8 Å². The highest BCUT2D eigenvalue weighted by molar-refractivity contribution is 5.70. The number of carboxylic acids is 1. The topological polar surface area (TPSA) is 59.0 Å². The lowest BCUT2D eigenvalue weighted by Crippen LogP contribution is -2.37. The lowest BCUT2D eigenvalue weighted by Gasteiger charge is -2.33. The second-order valence-corrected chi connectivity index (χ2v) is 9.91. The average molecular weight is 442 g/mol. The molecule has 0 radical (unpaired) electrons. The third-order valence-corrected chi connectivity index (χ3v) is 7.36. The lowest BCUT2D eigenvalue weighted by molar-refractivity contribution is -0.143. The highest BCUT2D eigenvalue weighted by Crippen LogP contribution is 2.35. The van der Waals surface area contributed by atoms with Crippen LogP contribution in [-0.2, 0) is 14.3 Å². The Bertz CT molecular complexity index is 765. The van der Waals surface area contributed by atoms with Crippen LogP contribution in [0.3, 0.4) is 0 Å². The molecule has 3 aliphatic carbocycles. The first-order chi connectivity index (χ1) is 15.6. The van der Waals surface area contributed by atoms with E-state index in [-0.39, 0.29) is 5.92 Å². The smallest absolute Gasteiger partial charge is 0.306 e. The maximum atomic E-state index is 11.2. The van der Waals surface area contributed by atoms with Gasteiger partial charge < -0.3 is 14.6 Å². The number of nitrogens with zero attached hydrogens (tertiary/aromatic N) is 1. The predicted octanol–water partition coefficient (Wildman–Crippen LogP) is 5.11. The van der Waals surface area contributed by atoms with Gasteiger partial charge in [0.15, 0.2) is 0 Å². The van der Waals surface area contributed by atoms with Crippen molar-refractivity contribution in [3.05, 3.63) is 47.3 Å². The van der Waals surface area contributed by atoms with E-state index in [0.717, 1.165) is 77.1 Å². The van der Waals surface area contributed by atoms with Gasteiger partial charge in [-0.25, -0.2) is 0 Å². The number of aliphatic carboxylic acids is 1. The van der Waals surface area contributed by atoms with Crippen molar-refractivity contribution in [1.82, 2.24) is 4.90 Å². The molecule has 5 nitrogen and oxygen atoms in total. The Kier molecular flexibility index (Phi) is 8.26. The molecule has 1 heterocycles. The Labute approximate surface area is 192 Å². The Morgan fingerprint density at radius 3 is 2.62 bits per heavy atom. The molecular formula is C27H39NO4. The van der Waals surface area contributed by atoms with Crippen LogP contribution in [0.1, 0.15) is 58.3 Å². The normalized spacial score (nSPS) is 29.0. The summed E-state index contributed by atoms with van der Waals surface area (Å²) in [6.45, 7) is 6.60. The summed E-state index contributed by atoms with van der Waals surface area (Å²) in [6.07, 6.45) is 19.9. The number of carboxylic acid groups (broad SMARTS) is 1. The van der Waals surface area contributed by atoms with Crippen molar-refractivity contribution in [2.45, 2.75) is 64.4 Å². The van der Waals surface area contributed by atoms with Crippen molar-refractivity contribution in [1.29, 1.82) is 0 Å². The minimum Gasteiger partial charge on any atom is -0.495 e. The van der Waals surface area contributed by atoms with Crippen LogP contribution in [0.5, 0.6) is 0 Å². The minimum atomic E-state index is -0.643. The minimum absolute atomic E-state index is 0.166. The van der Waals surface area contributed by atoms with Crippen molar-refractivity contribution >= 4 is 5.97 Å². The van der Waals surface area contributed by atoms with Gasteiger partial charge in [-0.2, -0.15) is 0 Å². The standard InChI is InChI=1S/C27H39NO4/c1-2-15-31-19-20-4-8-25(9-5-20)32-26-10-7-23-16-21(3-6-24(23)17-26)18-28-13-11-22(12-14-28)27(29)30/h3,6-7,10,16,20,22,24-25H,2,4-5,8-9,11-15,17-19H2,1H3,(H,29,30)/t20-,24?,25+. The molecule has 0 amide bonds. The number of piperidine rings is 1. The van der Waals surface area contributed by atoms with Crippen LogP contribution >= 0.6 is 0 Å². The van der Waals surface area contributed by atoms with Crippen molar-refractivity contribution in [3.63, 3.8) is 0 Å². The molecule has 1 saturated heterocycles. The Balaban J connectivity index is 1.24. The molecule has 0 bridgehead atoms. The van der Waals surface area contributed by atoms with E-state index in [9.17, 15) is 9.90 Å². The Hall–Kier alpha value is -1.85. The molecule has 4 rings (SSSR count). The second-order valence-electron chi connectivity index (χ2n) is 9.91. The Morgan fingerprint density at radius 2 is 1.91 bits per heavy atom. The number of fused-ring (bicyclic) bond motifs is 1. The maximum Gasteiger partial charge on any atom is 0.306 e. The highest BCUT2D eigenvalue weighted by Gasteiger charge is 2.27. The quantitative estimate of drug-likeness (QED) is 0.504. The molecule has 2 fully saturated rings. The monoisotopic (exact) mass is 441 g/mol. The molecule has 0 aromatic carbocycles. The fourth-order valence-corrected chi connectivity index (χ4v) is 5.36. The summed E-state index contributed by atoms with van der Waals surface area (Å²) in [5.41, 5.74) is 2.69. The average Bonchev–Trinajstić information content (AvgIpc) is 2.81. The molecule has 4 aliphatic rings. The highest BCUT2D eigenvalue weighted by atomic mass is 16.5. The fraction of sp³-hybridized carbons (Fsp3) is 0.667. The molecule has 1 atom stereocenters. The Morgan fingerprint density at radius 1 is 1.12 bits per heavy atom. The summed E-state index contributed by atoms with van der Waals surface area (Å²) < 4.78 is 12.1. The van der Waals surface area contributed by atoms with Crippen molar-refractivity contribution in [2.75, 3.05) is 32.8 Å². The molecule has 0 aromatic heterocycles. The van der Waals surface area contributed by atoms with Crippen LogP contribution in [0.4, 0.5) is 0 Å². The van der Waals surface area contributed by atoms with Gasteiger partial charge in [0.2, 0.25) is 0 Å². The van der Waals surface area contributed by atoms with Gasteiger partial charge >= 0.3 is 5.97 Å². The zero-order chi connectivity index (χ0) is 22.3. The van der Waals surface area contributed by atoms with Gasteiger partial charge in [0.25, 0.3) is 0 Å². The van der Waals surface area contributed by atoms with Gasteiger partial charge in [0.1, 0.15) is 0 Å². The number of likely N-dealkylation sites (tertiary alicyclic amines) is 1. The summed E-state index contributed by atoms with van der Waals surface area (Å²) in [4.78, 5) is 13.5. The second kappa shape index (κ2) is 11.3. The molecule has 176 valence electrons. The van der Waals surface area contributed by atoms with Crippen LogP contribution in [0.15, 0.2) is 47.3 Å². The van der Waals surface area contributed by atoms with E-state index in [0.29, 0.717) is 17.9 Å². The molecule has 0 spiro atoms. The van der Waals surface area contributed by atoms with E-state index in [1.165, 1.54) is 24.0 Å². The van der Waals surface area contributed by atoms with Crippen molar-refractivity contribution < 1.29 is 19.4 Å². The molecule has 1 saturated carbocycles. The first-order valence-electron chi connectivity index (χ1n) is 12.6. The SMILES string of the molecule is CCCOC[C@H]1CC[C@@H](OC2=CC=C3C=C(CN4CCC(C(=O)O)CC4)C=CC3C2)CC1. The summed E-state index contributed by atoms with van der Waals surface area (Å²) in [7, 11) is 0. The summed E-state index contributed by atoms with van der Waals surface area (Å²) in [5.74, 6) is 1.43. The van der Waals surface area contributed by atoms with E-state index < -0.39 is 5.97 Å². The van der Waals surface area contributed by atoms with Crippen LogP contribution in [0.25, 0.3) is 0 Å². The molecule has 1 N–H and O–H groups in total. The van der Waals surface area contributed by atoms with E-state index in [2.05, 4.69) is 42.2 Å². The predicted molar refractivity (Wildman–Crippen MR) is 126 cm³/mol. The number of carbonyl (C=O) groups is 1. The van der Waals surface area contributed by atoms with Gasteiger partial charge in [-0.3, -0.25) is 9.69 Å². The van der Waals surface area contributed by atoms with Crippen molar-refractivity contribution in [2.24, 2.45) is 17.8 Å². The van der Waals surface area contributed by atoms with Crippen LogP contribution in [0, 0.1) is 17.8 Å². The zero-order valence-corrected chi connectivity index (χ0v) is 19.5. The van der Waals surface area contributed by atoms with Crippen molar-refractivity contribution in [3.8, 4) is 0 Å². The third kappa shape index (κ3) is 6.35. The van der Waals surface area contributed by atoms with Crippen LogP contribution in [-0.4, -0.2) is 54.9 Å². The summed E-state index contributed by atoms with van der Waals surface area (Å²) >= 11 is 0. The van der Waals surface area contributed by atoms with E-state index >= 15 is 0 Å². The number of rotatable bonds is 9. The van der Waals surface area contributed by atoms with Gasteiger partial charge in [-0.05, 0) is 81.2 Å². The van der Waals surface area contributed by atoms with Gasteiger partial charge in [-0.15, -0.1) is 0 Å². The molecule has 32 heavy (non-hydrogen) atoms. The first-order valence-corrected chi connectivity index (χ1v) is 12.6. The lowest BCUT2D eigenvalue weighted by atomic mass is 9.84. The van der Waals surface area contributed by atoms with Crippen LogP contribution < -0.4 is 0 Å². The number of ether oxygens (including phenoxy) is 2. The number of allylic oxidation sites excluding steroid dienone is 6. The largest absolute Gasteiger partial charge is 0.495 e. The van der Waals surface area contributed by atoms with Crippen LogP contribution in [0.2, 0.25) is 0 Å². The molecule has 1 aliphatic heterocycles. The van der Waals surface area contributed by atoms with E-state index in [1.807, 2.05) is 0 Å². The zero-order valence-electron chi connectivity index (χ0n) is 19.5. The third-order valence-electron chi connectivity index (χ3n) is 7.36. The maximum absolute atomic E-state index is 11.2. The molecule has 5 heteroatoms. The fourth-order valence-electron chi connectivity index (χ4n) is 5.36. The number of hydrogen-bond donors (Lipinski definition) is 1. The van der Waals surface area contributed by atoms with E-state index in [4.69, 9.17) is 9.47 Å². The first kappa shape index (κ1) is 23.3. The van der Waals surface area contributed by atoms with Gasteiger partial charge in [0, 0.05) is 32.1 Å². The molecule has 1 unspecified atom stereocenters. The molecular weight excluding hydrogens is 402 g/mol. The number of hydrogen-bond acceptors (Lipinski definition) is 4. The summed E-state index contributed by atoms with van der Waals surface area (Å²) in [6, 6.07) is 0. The summed E-state index contributed by atoms with van der Waals surface area (Å²) in [5, 5.41) is 9.18.